The summed E-state index contributed by atoms with van der Waals surface area (Å²) < 4.78 is 1.82. The van der Waals surface area contributed by atoms with Crippen molar-refractivity contribution in [1.29, 1.82) is 0 Å². The van der Waals surface area contributed by atoms with Crippen LogP contribution in [0.25, 0.3) is 17.1 Å². The number of hydrogen-bond donors (Lipinski definition) is 3. The lowest BCUT2D eigenvalue weighted by Crippen LogP contribution is -2.54. The Morgan fingerprint density at radius 2 is 2.00 bits per heavy atom. The molecule has 30 heavy (non-hydrogen) atoms. The second-order valence-corrected chi connectivity index (χ2v) is 9.24. The molecule has 0 saturated carbocycles. The fourth-order valence-corrected chi connectivity index (χ4v) is 5.21. The number of anilines is 1. The number of aromatic hydroxyl groups is 1. The minimum Gasteiger partial charge on any atom is -0.507 e. The molecule has 2 unspecified atom stereocenters. The predicted molar refractivity (Wildman–Crippen MR) is 114 cm³/mol. The van der Waals surface area contributed by atoms with Gasteiger partial charge in [-0.3, -0.25) is 0 Å². The van der Waals surface area contributed by atoms with Crippen LogP contribution in [-0.2, 0) is 0 Å². The average Bonchev–Trinajstić information content (AvgIpc) is 3.33. The first-order chi connectivity index (χ1) is 14.4. The summed E-state index contributed by atoms with van der Waals surface area (Å²) in [5.41, 5.74) is 1.88. The van der Waals surface area contributed by atoms with Crippen molar-refractivity contribution in [2.24, 2.45) is 5.92 Å². The van der Waals surface area contributed by atoms with Gasteiger partial charge in [0.1, 0.15) is 5.75 Å². The van der Waals surface area contributed by atoms with Gasteiger partial charge in [0.2, 0.25) is 0 Å². The zero-order valence-electron chi connectivity index (χ0n) is 17.3. The Morgan fingerprint density at radius 3 is 2.63 bits per heavy atom. The Bertz CT molecular complexity index is 1020. The molecular weight excluding hydrogens is 378 g/mol. The number of fused-ring (bicyclic) bond motifs is 2. The molecule has 8 heteroatoms. The summed E-state index contributed by atoms with van der Waals surface area (Å²) in [5, 5.41) is 26.1. The molecule has 2 bridgehead atoms. The molecular formula is C22H27N7O. The van der Waals surface area contributed by atoms with Crippen LogP contribution in [0.4, 0.5) is 5.82 Å². The van der Waals surface area contributed by atoms with E-state index >= 15 is 0 Å². The minimum absolute atomic E-state index is 0.107. The molecule has 0 spiro atoms. The van der Waals surface area contributed by atoms with Crippen molar-refractivity contribution in [2.75, 3.05) is 11.9 Å². The van der Waals surface area contributed by atoms with Crippen molar-refractivity contribution < 1.29 is 5.11 Å². The molecule has 0 amide bonds. The number of rotatable bonds is 5. The molecule has 2 fully saturated rings. The quantitative estimate of drug-likeness (QED) is 0.599. The standard InChI is InChI=1S/C22H27N7O/c1-21-5-6-22(2,28-21)11-15(10-21)12-24-19-13-25-20(27-26-19)17-4-3-16(9-18(17)30)29-8-7-23-14-29/h3-4,7-9,13-15,28,30H,5-6,10-12H2,1-2H3,(H,24,26). The fraction of sp³-hybridized carbons (Fsp3) is 0.455. The van der Waals surface area contributed by atoms with E-state index in [1.807, 2.05) is 16.8 Å². The van der Waals surface area contributed by atoms with Gasteiger partial charge in [0.15, 0.2) is 11.6 Å². The molecule has 2 aliphatic heterocycles. The number of piperidine rings is 1. The summed E-state index contributed by atoms with van der Waals surface area (Å²) in [6, 6.07) is 5.35. The lowest BCUT2D eigenvalue weighted by atomic mass is 9.80. The third-order valence-electron chi connectivity index (χ3n) is 6.47. The first-order valence-electron chi connectivity index (χ1n) is 10.5. The van der Waals surface area contributed by atoms with E-state index in [1.54, 1.807) is 30.9 Å². The van der Waals surface area contributed by atoms with E-state index in [1.165, 1.54) is 25.7 Å². The molecule has 1 aromatic carbocycles. The van der Waals surface area contributed by atoms with Gasteiger partial charge in [-0.25, -0.2) is 9.97 Å². The highest BCUT2D eigenvalue weighted by atomic mass is 16.3. The maximum Gasteiger partial charge on any atom is 0.185 e. The van der Waals surface area contributed by atoms with E-state index in [9.17, 15) is 5.11 Å². The number of hydrogen-bond acceptors (Lipinski definition) is 7. The Hall–Kier alpha value is -3.00. The van der Waals surface area contributed by atoms with Crippen molar-refractivity contribution in [3.8, 4) is 22.8 Å². The van der Waals surface area contributed by atoms with Gasteiger partial charge in [0, 0.05) is 36.1 Å². The highest BCUT2D eigenvalue weighted by Crippen LogP contribution is 2.44. The van der Waals surface area contributed by atoms with Gasteiger partial charge in [0.25, 0.3) is 0 Å². The zero-order chi connectivity index (χ0) is 20.8. The Labute approximate surface area is 175 Å². The number of phenolic OH excluding ortho intramolecular Hbond substituents is 1. The van der Waals surface area contributed by atoms with Crippen molar-refractivity contribution in [3.63, 3.8) is 0 Å². The molecule has 2 saturated heterocycles. The molecule has 5 rings (SSSR count). The second-order valence-electron chi connectivity index (χ2n) is 9.24. The van der Waals surface area contributed by atoms with Crippen LogP contribution in [0.1, 0.15) is 39.5 Å². The maximum atomic E-state index is 10.4. The second kappa shape index (κ2) is 7.05. The number of aromatic nitrogens is 5. The normalized spacial score (nSPS) is 27.9. The lowest BCUT2D eigenvalue weighted by Gasteiger charge is -2.42. The first-order valence-corrected chi connectivity index (χ1v) is 10.5. The van der Waals surface area contributed by atoms with Crippen molar-refractivity contribution >= 4 is 5.82 Å². The molecule has 0 radical (unpaired) electrons. The SMILES string of the molecule is CC12CCC(C)(CC(CNc3cnc(-c4ccc(-n5ccnc5)cc4O)nn3)C1)N2. The molecule has 2 aliphatic rings. The zero-order valence-corrected chi connectivity index (χ0v) is 17.3. The van der Waals surface area contributed by atoms with Crippen molar-refractivity contribution in [2.45, 2.75) is 50.6 Å². The Balaban J connectivity index is 1.25. The molecule has 0 aliphatic carbocycles. The van der Waals surface area contributed by atoms with Crippen LogP contribution in [-0.4, -0.2) is 47.5 Å². The van der Waals surface area contributed by atoms with E-state index in [0.717, 1.165) is 12.2 Å². The van der Waals surface area contributed by atoms with E-state index < -0.39 is 0 Å². The molecule has 2 atom stereocenters. The molecule has 156 valence electrons. The summed E-state index contributed by atoms with van der Waals surface area (Å²) in [6.45, 7) is 5.55. The minimum atomic E-state index is 0.107. The highest BCUT2D eigenvalue weighted by molar-refractivity contribution is 5.66. The van der Waals surface area contributed by atoms with E-state index in [2.05, 4.69) is 44.6 Å². The smallest absolute Gasteiger partial charge is 0.185 e. The van der Waals surface area contributed by atoms with Crippen molar-refractivity contribution in [3.05, 3.63) is 43.1 Å². The van der Waals surface area contributed by atoms with Crippen LogP contribution in [0, 0.1) is 5.92 Å². The number of benzene rings is 1. The van der Waals surface area contributed by atoms with Gasteiger partial charge in [0.05, 0.1) is 23.8 Å². The van der Waals surface area contributed by atoms with Crippen molar-refractivity contribution in [1.82, 2.24) is 30.0 Å². The first kappa shape index (κ1) is 19.0. The summed E-state index contributed by atoms with van der Waals surface area (Å²) in [6.07, 6.45) is 11.7. The van der Waals surface area contributed by atoms with E-state index in [4.69, 9.17) is 0 Å². The van der Waals surface area contributed by atoms with Crippen LogP contribution in [0.3, 0.4) is 0 Å². The van der Waals surface area contributed by atoms with Crippen LogP contribution >= 0.6 is 0 Å². The van der Waals surface area contributed by atoms with Gasteiger partial charge in [-0.15, -0.1) is 10.2 Å². The predicted octanol–water partition coefficient (Wildman–Crippen LogP) is 3.15. The fourth-order valence-electron chi connectivity index (χ4n) is 5.21. The monoisotopic (exact) mass is 405 g/mol. The molecule has 2 aromatic heterocycles. The number of nitrogens with zero attached hydrogens (tertiary/aromatic N) is 5. The molecule has 3 aromatic rings. The van der Waals surface area contributed by atoms with Gasteiger partial charge >= 0.3 is 0 Å². The average molecular weight is 406 g/mol. The lowest BCUT2D eigenvalue weighted by molar-refractivity contribution is 0.178. The molecule has 3 N–H and O–H groups in total. The van der Waals surface area contributed by atoms with Crippen LogP contribution in [0.15, 0.2) is 43.1 Å². The summed E-state index contributed by atoms with van der Waals surface area (Å²) in [5.74, 6) is 1.77. The maximum absolute atomic E-state index is 10.4. The van der Waals surface area contributed by atoms with E-state index in [-0.39, 0.29) is 16.8 Å². The summed E-state index contributed by atoms with van der Waals surface area (Å²) in [7, 11) is 0. The van der Waals surface area contributed by atoms with Crippen LogP contribution < -0.4 is 10.6 Å². The van der Waals surface area contributed by atoms with Gasteiger partial charge in [-0.05, 0) is 57.6 Å². The Morgan fingerprint density at radius 1 is 1.20 bits per heavy atom. The van der Waals surface area contributed by atoms with Crippen LogP contribution in [0.5, 0.6) is 5.75 Å². The molecule has 8 nitrogen and oxygen atoms in total. The van der Waals surface area contributed by atoms with Gasteiger partial charge in [-0.1, -0.05) is 0 Å². The van der Waals surface area contributed by atoms with Crippen LogP contribution in [0.2, 0.25) is 0 Å². The third-order valence-corrected chi connectivity index (χ3v) is 6.47. The summed E-state index contributed by atoms with van der Waals surface area (Å²) in [4.78, 5) is 8.43. The third kappa shape index (κ3) is 3.63. The number of imidazole rings is 1. The van der Waals surface area contributed by atoms with Gasteiger partial charge in [-0.2, -0.15) is 0 Å². The van der Waals surface area contributed by atoms with Gasteiger partial charge < -0.3 is 20.3 Å². The largest absolute Gasteiger partial charge is 0.507 e. The number of phenols is 1. The van der Waals surface area contributed by atoms with E-state index in [0.29, 0.717) is 23.1 Å². The molecule has 4 heterocycles. The highest BCUT2D eigenvalue weighted by Gasteiger charge is 2.48. The number of nitrogens with one attached hydrogen (secondary N) is 2. The summed E-state index contributed by atoms with van der Waals surface area (Å²) >= 11 is 0. The Kier molecular flexibility index (Phi) is 4.47. The topological polar surface area (TPSA) is 101 Å².